The Morgan fingerprint density at radius 2 is 1.38 bits per heavy atom. The Labute approximate surface area is 283 Å². The Kier molecular flexibility index (Phi) is 16.0. The van der Waals surface area contributed by atoms with Crippen molar-refractivity contribution in [2.75, 3.05) is 63.8 Å². The number of benzene rings is 2. The fourth-order valence-electron chi connectivity index (χ4n) is 6.15. The molecule has 1 aliphatic rings. The van der Waals surface area contributed by atoms with Crippen molar-refractivity contribution < 1.29 is 14.4 Å². The summed E-state index contributed by atoms with van der Waals surface area (Å²) in [5.74, 6) is 6.09. The maximum atomic E-state index is 14.6. The van der Waals surface area contributed by atoms with Crippen molar-refractivity contribution in [3.63, 3.8) is 0 Å². The van der Waals surface area contributed by atoms with Crippen LogP contribution in [0.25, 0.3) is 0 Å². The first-order valence-corrected chi connectivity index (χ1v) is 17.8. The summed E-state index contributed by atoms with van der Waals surface area (Å²) in [6.07, 6.45) is 6.88. The van der Waals surface area contributed by atoms with E-state index in [2.05, 4.69) is 32.6 Å². The van der Waals surface area contributed by atoms with E-state index >= 15 is 0 Å². The summed E-state index contributed by atoms with van der Waals surface area (Å²) in [5, 5.41) is 1.25. The largest absolute Gasteiger partial charge is 0.329 e. The summed E-state index contributed by atoms with van der Waals surface area (Å²) >= 11 is 0. The second-order valence-corrected chi connectivity index (χ2v) is 12.5. The third-order valence-corrected chi connectivity index (χ3v) is 9.03. The first kappa shape index (κ1) is 37.8. The van der Waals surface area contributed by atoms with Gasteiger partial charge in [0.1, 0.15) is 6.04 Å². The zero-order chi connectivity index (χ0) is 34.2. The van der Waals surface area contributed by atoms with Crippen molar-refractivity contribution in [3.05, 3.63) is 60.2 Å². The smallest absolute Gasteiger partial charge is 0.325 e. The quantitative estimate of drug-likeness (QED) is 0.0917. The molecule has 1 aliphatic heterocycles. The second-order valence-electron chi connectivity index (χ2n) is 12.5. The van der Waals surface area contributed by atoms with Gasteiger partial charge in [0.15, 0.2) is 0 Å². The summed E-state index contributed by atoms with van der Waals surface area (Å²) in [6.45, 7) is 15.6. The Morgan fingerprint density at radius 3 is 1.98 bits per heavy atom. The van der Waals surface area contributed by atoms with Crippen LogP contribution >= 0.6 is 0 Å². The molecule has 1 atom stereocenters. The van der Waals surface area contributed by atoms with Gasteiger partial charge in [0, 0.05) is 32.7 Å². The highest BCUT2D eigenvalue weighted by Crippen LogP contribution is 2.29. The average Bonchev–Trinajstić information content (AvgIpc) is 3.09. The highest BCUT2D eigenvalue weighted by atomic mass is 16.2. The molecule has 47 heavy (non-hydrogen) atoms. The molecule has 2 aromatic carbocycles. The van der Waals surface area contributed by atoms with Crippen molar-refractivity contribution in [1.29, 1.82) is 0 Å². The van der Waals surface area contributed by atoms with Crippen LogP contribution < -0.4 is 10.7 Å². The van der Waals surface area contributed by atoms with Gasteiger partial charge in [-0.1, -0.05) is 83.7 Å². The number of piperazine rings is 1. The summed E-state index contributed by atoms with van der Waals surface area (Å²) in [7, 11) is 0. The van der Waals surface area contributed by atoms with Crippen LogP contribution in [0, 0.1) is 6.92 Å². The molecular formula is C37H59N7O3. The van der Waals surface area contributed by atoms with Crippen molar-refractivity contribution in [1.82, 2.24) is 24.6 Å². The molecule has 260 valence electrons. The van der Waals surface area contributed by atoms with Crippen molar-refractivity contribution in [2.45, 2.75) is 85.6 Å². The fraction of sp³-hybridized carbons (Fsp3) is 0.595. The number of nitrogens with two attached hydrogens (primary N) is 1. The predicted molar refractivity (Wildman–Crippen MR) is 192 cm³/mol. The molecule has 0 saturated carbocycles. The summed E-state index contributed by atoms with van der Waals surface area (Å²) in [6, 6.07) is 16.0. The van der Waals surface area contributed by atoms with Crippen LogP contribution in [-0.2, 0) is 4.79 Å². The monoisotopic (exact) mass is 649 g/mol. The normalized spacial score (nSPS) is 14.7. The highest BCUT2D eigenvalue weighted by molar-refractivity contribution is 6.01. The number of carbonyl (C=O) groups excluding carboxylic acids is 3. The number of carbonyl (C=O) groups is 3. The van der Waals surface area contributed by atoms with E-state index in [9.17, 15) is 14.4 Å². The van der Waals surface area contributed by atoms with Crippen LogP contribution in [0.15, 0.2) is 54.6 Å². The van der Waals surface area contributed by atoms with E-state index in [-0.39, 0.29) is 31.1 Å². The van der Waals surface area contributed by atoms with Gasteiger partial charge in [-0.3, -0.25) is 14.7 Å². The number of hydrogen-bond acceptors (Lipinski definition) is 5. The molecule has 10 heteroatoms. The molecule has 1 fully saturated rings. The van der Waals surface area contributed by atoms with Crippen LogP contribution in [0.1, 0.15) is 78.2 Å². The zero-order valence-corrected chi connectivity index (χ0v) is 29.6. The van der Waals surface area contributed by atoms with Crippen molar-refractivity contribution in [3.8, 4) is 0 Å². The number of rotatable bonds is 17. The van der Waals surface area contributed by atoms with E-state index in [1.807, 2.05) is 66.4 Å². The van der Waals surface area contributed by atoms with Crippen LogP contribution in [0.5, 0.6) is 0 Å². The van der Waals surface area contributed by atoms with Gasteiger partial charge >= 0.3 is 12.1 Å². The van der Waals surface area contributed by atoms with Crippen LogP contribution in [-0.4, -0.2) is 108 Å². The topological polar surface area (TPSA) is 96.7 Å². The van der Waals surface area contributed by atoms with E-state index in [0.29, 0.717) is 37.6 Å². The number of unbranched alkanes of at least 4 members (excludes halogenated alkanes) is 4. The summed E-state index contributed by atoms with van der Waals surface area (Å²) in [5.41, 5.74) is 2.44. The maximum Gasteiger partial charge on any atom is 0.329 e. The van der Waals surface area contributed by atoms with Gasteiger partial charge < -0.3 is 19.6 Å². The average molecular weight is 650 g/mol. The number of nitrogens with zero attached hydrogens (tertiary/aromatic N) is 6. The van der Waals surface area contributed by atoms with Gasteiger partial charge in [-0.25, -0.2) is 15.4 Å². The van der Waals surface area contributed by atoms with E-state index < -0.39 is 6.04 Å². The van der Waals surface area contributed by atoms with Crippen LogP contribution in [0.2, 0.25) is 0 Å². The number of amides is 5. The molecule has 1 saturated heterocycles. The van der Waals surface area contributed by atoms with Crippen LogP contribution in [0.4, 0.5) is 21.0 Å². The summed E-state index contributed by atoms with van der Waals surface area (Å²) in [4.78, 5) is 52.0. The predicted octanol–water partition coefficient (Wildman–Crippen LogP) is 6.48. The standard InChI is InChI=1S/C37H59N7O3/c1-6-10-15-24-40(25-16-11-7-2)36(46)41-27-28-42(34(30-41)35(45)43(38)26-18-23-39(8-3)9-4)37(47)44(32-20-13-12-14-21-32)33-22-17-19-31(5)29-33/h12-14,17,19-22,29,34H,6-11,15-16,18,23-28,30,38H2,1-5H3. The number of hydrazine groups is 1. The van der Waals surface area contributed by atoms with Gasteiger partial charge in [-0.05, 0) is 75.6 Å². The molecule has 3 rings (SSSR count). The Hall–Kier alpha value is -3.63. The molecule has 2 aromatic rings. The number of hydrogen-bond donors (Lipinski definition) is 1. The highest BCUT2D eigenvalue weighted by Gasteiger charge is 2.41. The molecule has 5 amide bonds. The van der Waals surface area contributed by atoms with Crippen molar-refractivity contribution in [2.24, 2.45) is 5.84 Å². The number of para-hydroxylation sites is 1. The first-order valence-electron chi connectivity index (χ1n) is 17.8. The number of urea groups is 2. The molecule has 0 spiro atoms. The van der Waals surface area contributed by atoms with Gasteiger partial charge in [0.2, 0.25) is 0 Å². The molecule has 2 N–H and O–H groups in total. The van der Waals surface area contributed by atoms with Gasteiger partial charge in [0.05, 0.1) is 17.9 Å². The Morgan fingerprint density at radius 1 is 0.745 bits per heavy atom. The SMILES string of the molecule is CCCCCN(CCCCC)C(=O)N1CCN(C(=O)N(c2ccccc2)c2cccc(C)c2)C(C(=O)N(N)CCCN(CC)CC)C1. The third-order valence-electron chi connectivity index (χ3n) is 9.03. The Balaban J connectivity index is 1.92. The zero-order valence-electron chi connectivity index (χ0n) is 29.6. The van der Waals surface area contributed by atoms with E-state index in [4.69, 9.17) is 5.84 Å². The van der Waals surface area contributed by atoms with Gasteiger partial charge in [0.25, 0.3) is 5.91 Å². The van der Waals surface area contributed by atoms with Crippen LogP contribution in [0.3, 0.4) is 0 Å². The lowest BCUT2D eigenvalue weighted by atomic mass is 10.1. The van der Waals surface area contributed by atoms with Crippen molar-refractivity contribution >= 4 is 29.3 Å². The minimum Gasteiger partial charge on any atom is -0.325 e. The van der Waals surface area contributed by atoms with Gasteiger partial charge in [-0.2, -0.15) is 0 Å². The van der Waals surface area contributed by atoms with E-state index in [1.54, 1.807) is 14.7 Å². The molecule has 10 nitrogen and oxygen atoms in total. The maximum absolute atomic E-state index is 14.6. The molecule has 1 heterocycles. The molecule has 1 unspecified atom stereocenters. The number of aryl methyl sites for hydroxylation is 1. The Bertz CT molecular complexity index is 1230. The lowest BCUT2D eigenvalue weighted by Gasteiger charge is -2.44. The van der Waals surface area contributed by atoms with E-state index in [1.165, 1.54) is 5.01 Å². The fourth-order valence-corrected chi connectivity index (χ4v) is 6.15. The minimum absolute atomic E-state index is 0.0641. The number of anilines is 2. The molecule has 0 aromatic heterocycles. The summed E-state index contributed by atoms with van der Waals surface area (Å²) < 4.78 is 0. The molecular weight excluding hydrogens is 590 g/mol. The first-order chi connectivity index (χ1) is 22.7. The third kappa shape index (κ3) is 11.0. The molecule has 0 radical (unpaired) electrons. The van der Waals surface area contributed by atoms with E-state index in [0.717, 1.165) is 70.1 Å². The minimum atomic E-state index is -0.914. The second kappa shape index (κ2) is 19.9. The lowest BCUT2D eigenvalue weighted by Crippen LogP contribution is -2.65. The lowest BCUT2D eigenvalue weighted by molar-refractivity contribution is -0.138. The molecule has 0 aliphatic carbocycles. The van der Waals surface area contributed by atoms with Gasteiger partial charge in [-0.15, -0.1) is 0 Å². The molecule has 0 bridgehead atoms.